The van der Waals surface area contributed by atoms with Crippen LogP contribution >= 0.6 is 0 Å². The van der Waals surface area contributed by atoms with Gasteiger partial charge in [-0.25, -0.2) is 13.0 Å². The second-order valence-electron chi connectivity index (χ2n) is 5.14. The van der Waals surface area contributed by atoms with Gasteiger partial charge in [0.2, 0.25) is 6.35 Å². The Morgan fingerprint density at radius 3 is 2.84 bits per heavy atom. The number of amides is 1. The molecule has 2 aromatic heterocycles. The predicted molar refractivity (Wildman–Crippen MR) is 79.1 cm³/mol. The number of anilines is 1. The number of aromatic nitrogens is 3. The van der Waals surface area contributed by atoms with E-state index in [1.54, 1.807) is 0 Å². The highest BCUT2D eigenvalue weighted by molar-refractivity contribution is 7.80. The first-order chi connectivity index (χ1) is 11.7. The van der Waals surface area contributed by atoms with Gasteiger partial charge in [-0.1, -0.05) is 0 Å². The minimum absolute atomic E-state index is 0.0679. The van der Waals surface area contributed by atoms with Crippen LogP contribution in [0.15, 0.2) is 24.5 Å². The fourth-order valence-corrected chi connectivity index (χ4v) is 2.82. The van der Waals surface area contributed by atoms with Crippen molar-refractivity contribution < 1.29 is 30.7 Å². The number of nitrogens with zero attached hydrogens (tertiary/aromatic N) is 3. The minimum Gasteiger partial charge on any atom is -0.355 e. The molecule has 0 aliphatic carbocycles. The summed E-state index contributed by atoms with van der Waals surface area (Å²) >= 11 is 0. The van der Waals surface area contributed by atoms with Crippen LogP contribution in [0, 0.1) is 0 Å². The van der Waals surface area contributed by atoms with Crippen molar-refractivity contribution >= 4 is 22.0 Å². The van der Waals surface area contributed by atoms with E-state index in [0.717, 1.165) is 4.68 Å². The molecule has 0 bridgehead atoms. The Morgan fingerprint density at radius 1 is 1.40 bits per heavy atom. The molecule has 136 valence electrons. The summed E-state index contributed by atoms with van der Waals surface area (Å²) in [4.78, 5) is 15.9. The molecule has 0 saturated heterocycles. The zero-order chi connectivity index (χ0) is 18.2. The third-order valence-electron chi connectivity index (χ3n) is 3.37. The van der Waals surface area contributed by atoms with E-state index in [1.807, 2.05) is 0 Å². The second-order valence-corrected chi connectivity index (χ2v) is 6.18. The molecule has 0 spiro atoms. The fourth-order valence-electron chi connectivity index (χ4n) is 2.44. The van der Waals surface area contributed by atoms with Gasteiger partial charge in [0.15, 0.2) is 0 Å². The number of carbonyl (C=O) groups excluding carboxylic acids is 1. The van der Waals surface area contributed by atoms with Gasteiger partial charge in [0.25, 0.3) is 12.3 Å². The SMILES string of the molecule is O=C1NC(OS(=O)(=O)O)N(Cc2ccn(CC(F)F)n2)c2cc[nH]c21. The van der Waals surface area contributed by atoms with Gasteiger partial charge in [0.05, 0.1) is 17.9 Å². The third kappa shape index (κ3) is 3.94. The summed E-state index contributed by atoms with van der Waals surface area (Å²) in [5.41, 5.74) is 0.788. The quantitative estimate of drug-likeness (QED) is 0.619. The van der Waals surface area contributed by atoms with Crippen LogP contribution in [0.4, 0.5) is 14.5 Å². The standard InChI is InChI=1S/C12H13F2N5O5S/c13-9(14)6-18-4-2-7(17-18)5-19-8-1-3-15-10(8)11(20)16-12(19)24-25(21,22)23/h1-4,9,12,15H,5-6H2,(H,16,20)(H,21,22,23). The number of aromatic amines is 1. The van der Waals surface area contributed by atoms with Gasteiger partial charge in [0.1, 0.15) is 12.2 Å². The molecule has 3 N–H and O–H groups in total. The predicted octanol–water partition coefficient (Wildman–Crippen LogP) is 0.329. The molecule has 0 saturated carbocycles. The summed E-state index contributed by atoms with van der Waals surface area (Å²) in [5.74, 6) is -0.631. The number of alkyl halides is 2. The van der Waals surface area contributed by atoms with Gasteiger partial charge >= 0.3 is 10.4 Å². The molecule has 3 heterocycles. The van der Waals surface area contributed by atoms with E-state index in [0.29, 0.717) is 11.4 Å². The number of fused-ring (bicyclic) bond motifs is 1. The van der Waals surface area contributed by atoms with Gasteiger partial charge < -0.3 is 15.2 Å². The smallest absolute Gasteiger partial charge is 0.355 e. The van der Waals surface area contributed by atoms with E-state index in [1.165, 1.54) is 29.4 Å². The number of hydrogen-bond donors (Lipinski definition) is 3. The van der Waals surface area contributed by atoms with Crippen molar-refractivity contribution in [1.82, 2.24) is 20.1 Å². The zero-order valence-electron chi connectivity index (χ0n) is 12.5. The summed E-state index contributed by atoms with van der Waals surface area (Å²) in [6.07, 6.45) is -1.29. The maximum absolute atomic E-state index is 12.4. The van der Waals surface area contributed by atoms with Gasteiger partial charge in [-0.3, -0.25) is 14.0 Å². The molecule has 0 aromatic carbocycles. The van der Waals surface area contributed by atoms with Gasteiger partial charge in [-0.2, -0.15) is 13.5 Å². The summed E-state index contributed by atoms with van der Waals surface area (Å²) in [7, 11) is -4.86. The molecule has 1 atom stereocenters. The van der Waals surface area contributed by atoms with Crippen LogP contribution in [0.3, 0.4) is 0 Å². The molecule has 3 rings (SSSR count). The van der Waals surface area contributed by atoms with Crippen molar-refractivity contribution in [2.45, 2.75) is 25.9 Å². The lowest BCUT2D eigenvalue weighted by atomic mass is 10.2. The molecule has 1 aliphatic rings. The number of H-pyrrole nitrogens is 1. The zero-order valence-corrected chi connectivity index (χ0v) is 13.3. The van der Waals surface area contributed by atoms with Crippen LogP contribution in [0.5, 0.6) is 0 Å². The molecule has 1 aliphatic heterocycles. The van der Waals surface area contributed by atoms with Crippen LogP contribution in [-0.2, 0) is 27.7 Å². The topological polar surface area (TPSA) is 130 Å². The molecule has 10 nitrogen and oxygen atoms in total. The Labute approximate surface area is 140 Å². The normalized spacial score (nSPS) is 17.7. The maximum atomic E-state index is 12.4. The first-order valence-electron chi connectivity index (χ1n) is 6.94. The molecule has 1 amide bonds. The molecule has 25 heavy (non-hydrogen) atoms. The molecule has 1 unspecified atom stereocenters. The first-order valence-corrected chi connectivity index (χ1v) is 8.30. The summed E-state index contributed by atoms with van der Waals surface area (Å²) in [6, 6.07) is 2.97. The van der Waals surface area contributed by atoms with Crippen molar-refractivity contribution in [3.8, 4) is 0 Å². The average molecular weight is 377 g/mol. The van der Waals surface area contributed by atoms with Crippen molar-refractivity contribution in [3.63, 3.8) is 0 Å². The highest BCUT2D eigenvalue weighted by atomic mass is 32.3. The van der Waals surface area contributed by atoms with Crippen LogP contribution in [0.25, 0.3) is 0 Å². The third-order valence-corrected chi connectivity index (χ3v) is 3.79. The summed E-state index contributed by atoms with van der Waals surface area (Å²) < 4.78 is 61.3. The molecule has 13 heteroatoms. The Balaban J connectivity index is 1.88. The summed E-state index contributed by atoms with van der Waals surface area (Å²) in [5, 5.41) is 6.22. The number of hydrogen-bond acceptors (Lipinski definition) is 6. The Hall–Kier alpha value is -2.51. The molecule has 0 radical (unpaired) electrons. The van der Waals surface area contributed by atoms with Gasteiger partial charge in [0, 0.05) is 12.4 Å². The lowest BCUT2D eigenvalue weighted by Crippen LogP contribution is -2.54. The number of carbonyl (C=O) groups is 1. The molecular weight excluding hydrogens is 364 g/mol. The van der Waals surface area contributed by atoms with Crippen LogP contribution < -0.4 is 10.2 Å². The highest BCUT2D eigenvalue weighted by Gasteiger charge is 2.35. The Kier molecular flexibility index (Phi) is 4.45. The van der Waals surface area contributed by atoms with Crippen LogP contribution in [0.1, 0.15) is 16.2 Å². The first kappa shape index (κ1) is 17.3. The monoisotopic (exact) mass is 377 g/mol. The number of rotatable bonds is 6. The van der Waals surface area contributed by atoms with E-state index in [2.05, 4.69) is 19.6 Å². The maximum Gasteiger partial charge on any atom is 0.400 e. The van der Waals surface area contributed by atoms with Crippen molar-refractivity contribution in [3.05, 3.63) is 35.9 Å². The Bertz CT molecular complexity index is 880. The number of halogens is 2. The van der Waals surface area contributed by atoms with E-state index < -0.39 is 35.6 Å². The molecular formula is C12H13F2N5O5S. The van der Waals surface area contributed by atoms with Crippen LogP contribution in [-0.4, -0.2) is 46.4 Å². The average Bonchev–Trinajstić information content (AvgIpc) is 3.10. The number of nitrogens with one attached hydrogen (secondary N) is 2. The fraction of sp³-hybridized carbons (Fsp3) is 0.333. The second kappa shape index (κ2) is 6.42. The van der Waals surface area contributed by atoms with E-state index in [4.69, 9.17) is 4.55 Å². The van der Waals surface area contributed by atoms with E-state index in [-0.39, 0.29) is 12.2 Å². The van der Waals surface area contributed by atoms with Crippen molar-refractivity contribution in [2.24, 2.45) is 0 Å². The lowest BCUT2D eigenvalue weighted by Gasteiger charge is -2.35. The van der Waals surface area contributed by atoms with Gasteiger partial charge in [-0.05, 0) is 12.1 Å². The van der Waals surface area contributed by atoms with Crippen molar-refractivity contribution in [1.29, 1.82) is 0 Å². The van der Waals surface area contributed by atoms with Crippen molar-refractivity contribution in [2.75, 3.05) is 4.90 Å². The largest absolute Gasteiger partial charge is 0.400 e. The Morgan fingerprint density at radius 2 is 2.16 bits per heavy atom. The molecule has 2 aromatic rings. The van der Waals surface area contributed by atoms with E-state index in [9.17, 15) is 22.0 Å². The minimum atomic E-state index is -4.86. The van der Waals surface area contributed by atoms with Gasteiger partial charge in [-0.15, -0.1) is 0 Å². The summed E-state index contributed by atoms with van der Waals surface area (Å²) in [6.45, 7) is -0.654. The van der Waals surface area contributed by atoms with E-state index >= 15 is 0 Å². The highest BCUT2D eigenvalue weighted by Crippen LogP contribution is 2.27. The molecule has 0 fully saturated rings. The lowest BCUT2D eigenvalue weighted by molar-refractivity contribution is 0.0777. The van der Waals surface area contributed by atoms with Crippen LogP contribution in [0.2, 0.25) is 0 Å².